The smallest absolute Gasteiger partial charge is 0.123 e. The summed E-state index contributed by atoms with van der Waals surface area (Å²) in [4.78, 5) is 0. The van der Waals surface area contributed by atoms with Gasteiger partial charge in [0.15, 0.2) is 0 Å². The fourth-order valence-corrected chi connectivity index (χ4v) is 2.34. The molecule has 1 rings (SSSR count). The third kappa shape index (κ3) is 7.49. The second kappa shape index (κ2) is 10.7. The Balaban J connectivity index is 2.14. The van der Waals surface area contributed by atoms with E-state index in [2.05, 4.69) is 12.2 Å². The van der Waals surface area contributed by atoms with Gasteiger partial charge in [-0.05, 0) is 30.7 Å². The summed E-state index contributed by atoms with van der Waals surface area (Å²) < 4.78 is 12.8. The Hall–Kier alpha value is -1.09. The molecule has 0 heterocycles. The van der Waals surface area contributed by atoms with Gasteiger partial charge >= 0.3 is 0 Å². The number of aliphatic hydroxyl groups excluding tert-OH is 1. The molecule has 0 aliphatic carbocycles. The van der Waals surface area contributed by atoms with Gasteiger partial charge in [-0.15, -0.1) is 0 Å². The molecule has 0 aromatic heterocycles. The largest absolute Gasteiger partial charge is 0.394 e. The van der Waals surface area contributed by atoms with Gasteiger partial charge in [-0.25, -0.2) is 4.39 Å². The topological polar surface area (TPSA) is 32.3 Å². The minimum absolute atomic E-state index is 0.0658. The zero-order valence-corrected chi connectivity index (χ0v) is 12.6. The predicted octanol–water partition coefficient (Wildman–Crippen LogP) is 4.74. The molecule has 0 radical (unpaired) electrons. The predicted molar refractivity (Wildman–Crippen MR) is 83.5 cm³/mol. The van der Waals surface area contributed by atoms with Crippen LogP contribution in [-0.4, -0.2) is 17.8 Å². The molecule has 2 N–H and O–H groups in total. The van der Waals surface area contributed by atoms with E-state index < -0.39 is 0 Å². The number of nitrogens with one attached hydrogen (secondary N) is 1. The molecule has 114 valence electrons. The first-order valence-electron chi connectivity index (χ1n) is 7.89. The highest BCUT2D eigenvalue weighted by Gasteiger charge is 2.06. The molecule has 0 fully saturated rings. The van der Waals surface area contributed by atoms with Crippen molar-refractivity contribution in [2.45, 2.75) is 64.3 Å². The second-order valence-electron chi connectivity index (χ2n) is 5.44. The Kier molecular flexibility index (Phi) is 9.05. The number of hydrogen-bond donors (Lipinski definition) is 2. The van der Waals surface area contributed by atoms with Gasteiger partial charge in [-0.2, -0.15) is 0 Å². The Morgan fingerprint density at radius 2 is 1.60 bits per heavy atom. The zero-order chi connectivity index (χ0) is 14.6. The van der Waals surface area contributed by atoms with Crippen LogP contribution in [-0.2, 0) is 0 Å². The monoisotopic (exact) mass is 281 g/mol. The molecule has 0 bridgehead atoms. The van der Waals surface area contributed by atoms with Crippen molar-refractivity contribution in [2.75, 3.05) is 11.9 Å². The molecule has 0 spiro atoms. The molecular weight excluding hydrogens is 253 g/mol. The number of halogens is 1. The normalized spacial score (nSPS) is 12.3. The quantitative estimate of drug-likeness (QED) is 0.574. The number of unbranched alkanes of at least 4 members (excludes halogenated alkanes) is 6. The highest BCUT2D eigenvalue weighted by Crippen LogP contribution is 2.14. The van der Waals surface area contributed by atoms with E-state index in [0.29, 0.717) is 0 Å². The summed E-state index contributed by atoms with van der Waals surface area (Å²) in [7, 11) is 0. The molecule has 1 aromatic rings. The lowest BCUT2D eigenvalue weighted by Crippen LogP contribution is -2.23. The van der Waals surface area contributed by atoms with Gasteiger partial charge in [-0.3, -0.25) is 0 Å². The Bertz CT molecular complexity index is 339. The van der Waals surface area contributed by atoms with E-state index >= 15 is 0 Å². The van der Waals surface area contributed by atoms with Crippen LogP contribution in [0.2, 0.25) is 0 Å². The number of rotatable bonds is 11. The SMILES string of the molecule is CCCCCCCCCC(CO)Nc1ccc(F)cc1. The van der Waals surface area contributed by atoms with Crippen LogP contribution < -0.4 is 5.32 Å². The molecule has 2 nitrogen and oxygen atoms in total. The van der Waals surface area contributed by atoms with E-state index in [-0.39, 0.29) is 18.5 Å². The first kappa shape index (κ1) is 17.0. The molecule has 1 unspecified atom stereocenters. The highest BCUT2D eigenvalue weighted by molar-refractivity contribution is 5.43. The number of aliphatic hydroxyl groups is 1. The van der Waals surface area contributed by atoms with E-state index in [1.807, 2.05) is 0 Å². The van der Waals surface area contributed by atoms with Crippen LogP contribution in [0.25, 0.3) is 0 Å². The highest BCUT2D eigenvalue weighted by atomic mass is 19.1. The Morgan fingerprint density at radius 1 is 1.00 bits per heavy atom. The molecule has 0 aliphatic heterocycles. The van der Waals surface area contributed by atoms with Gasteiger partial charge in [0.2, 0.25) is 0 Å². The fourth-order valence-electron chi connectivity index (χ4n) is 2.34. The number of anilines is 1. The van der Waals surface area contributed by atoms with E-state index in [0.717, 1.165) is 18.5 Å². The van der Waals surface area contributed by atoms with Crippen molar-refractivity contribution in [3.05, 3.63) is 30.1 Å². The minimum atomic E-state index is -0.233. The van der Waals surface area contributed by atoms with E-state index in [9.17, 15) is 9.50 Å². The lowest BCUT2D eigenvalue weighted by atomic mass is 10.1. The van der Waals surface area contributed by atoms with E-state index in [1.165, 1.54) is 50.7 Å². The average Bonchev–Trinajstić information content (AvgIpc) is 2.47. The third-order valence-electron chi connectivity index (χ3n) is 3.59. The van der Waals surface area contributed by atoms with Crippen molar-refractivity contribution in [1.29, 1.82) is 0 Å². The summed E-state index contributed by atoms with van der Waals surface area (Å²) in [5.41, 5.74) is 0.869. The zero-order valence-electron chi connectivity index (χ0n) is 12.6. The standard InChI is InChI=1S/C17H28FNO/c1-2-3-4-5-6-7-8-9-17(14-20)19-16-12-10-15(18)11-13-16/h10-13,17,19-20H,2-9,14H2,1H3. The van der Waals surface area contributed by atoms with Crippen LogP contribution in [0.4, 0.5) is 10.1 Å². The Morgan fingerprint density at radius 3 is 2.20 bits per heavy atom. The van der Waals surface area contributed by atoms with Gasteiger partial charge < -0.3 is 10.4 Å². The van der Waals surface area contributed by atoms with Gasteiger partial charge in [0.1, 0.15) is 5.82 Å². The van der Waals surface area contributed by atoms with Crippen molar-refractivity contribution in [3.8, 4) is 0 Å². The van der Waals surface area contributed by atoms with Crippen molar-refractivity contribution in [3.63, 3.8) is 0 Å². The molecule has 0 saturated carbocycles. The maximum atomic E-state index is 12.8. The van der Waals surface area contributed by atoms with Gasteiger partial charge in [0.05, 0.1) is 6.61 Å². The second-order valence-corrected chi connectivity index (χ2v) is 5.44. The van der Waals surface area contributed by atoms with Crippen LogP contribution in [0, 0.1) is 5.82 Å². The first-order chi connectivity index (χ1) is 9.76. The van der Waals surface area contributed by atoms with Crippen molar-refractivity contribution < 1.29 is 9.50 Å². The van der Waals surface area contributed by atoms with Crippen LogP contribution in [0.15, 0.2) is 24.3 Å². The third-order valence-corrected chi connectivity index (χ3v) is 3.59. The molecule has 3 heteroatoms. The molecule has 0 aliphatic rings. The van der Waals surface area contributed by atoms with Crippen LogP contribution in [0.3, 0.4) is 0 Å². The molecule has 1 aromatic carbocycles. The summed E-state index contributed by atoms with van der Waals surface area (Å²) in [6, 6.07) is 6.36. The molecule has 0 saturated heterocycles. The van der Waals surface area contributed by atoms with Crippen LogP contribution >= 0.6 is 0 Å². The lowest BCUT2D eigenvalue weighted by Gasteiger charge is -2.17. The Labute approximate surface area is 122 Å². The minimum Gasteiger partial charge on any atom is -0.394 e. The first-order valence-corrected chi connectivity index (χ1v) is 7.89. The summed E-state index contributed by atoms with van der Waals surface area (Å²) >= 11 is 0. The van der Waals surface area contributed by atoms with E-state index in [4.69, 9.17) is 0 Å². The summed E-state index contributed by atoms with van der Waals surface area (Å²) in [6.07, 6.45) is 9.89. The van der Waals surface area contributed by atoms with Crippen LogP contribution in [0.5, 0.6) is 0 Å². The summed E-state index contributed by atoms with van der Waals surface area (Å²) in [5.74, 6) is -0.233. The maximum Gasteiger partial charge on any atom is 0.123 e. The van der Waals surface area contributed by atoms with Crippen LogP contribution in [0.1, 0.15) is 58.3 Å². The summed E-state index contributed by atoms with van der Waals surface area (Å²) in [6.45, 7) is 2.35. The van der Waals surface area contributed by atoms with Gasteiger partial charge in [0.25, 0.3) is 0 Å². The van der Waals surface area contributed by atoms with Gasteiger partial charge in [-0.1, -0.05) is 51.9 Å². The lowest BCUT2D eigenvalue weighted by molar-refractivity contribution is 0.266. The average molecular weight is 281 g/mol. The summed E-state index contributed by atoms with van der Waals surface area (Å²) in [5, 5.41) is 12.6. The van der Waals surface area contributed by atoms with Crippen molar-refractivity contribution in [2.24, 2.45) is 0 Å². The van der Waals surface area contributed by atoms with Crippen molar-refractivity contribution >= 4 is 5.69 Å². The number of hydrogen-bond acceptors (Lipinski definition) is 2. The molecule has 0 amide bonds. The maximum absolute atomic E-state index is 12.8. The van der Waals surface area contributed by atoms with Gasteiger partial charge in [0, 0.05) is 11.7 Å². The fraction of sp³-hybridized carbons (Fsp3) is 0.647. The van der Waals surface area contributed by atoms with E-state index in [1.54, 1.807) is 12.1 Å². The molecule has 20 heavy (non-hydrogen) atoms. The van der Waals surface area contributed by atoms with Crippen molar-refractivity contribution in [1.82, 2.24) is 0 Å². The molecular formula is C17H28FNO. The number of benzene rings is 1. The molecule has 1 atom stereocenters.